The van der Waals surface area contributed by atoms with Crippen LogP contribution in [0.25, 0.3) is 0 Å². The molecule has 0 spiro atoms. The van der Waals surface area contributed by atoms with E-state index in [2.05, 4.69) is 104 Å². The minimum atomic E-state index is 0.786. The number of quaternary nitrogens is 1. The molecule has 0 aromatic rings. The van der Waals surface area contributed by atoms with Crippen molar-refractivity contribution >= 4 is 0 Å². The fraction of sp³-hybridized carbons (Fsp3) is 1.00. The van der Waals surface area contributed by atoms with Crippen LogP contribution in [-0.4, -0.2) is 31.7 Å². The molecular formula is C43H90N+. The number of nitrogens with zero attached hydrogens (tertiary/aromatic N) is 1. The van der Waals surface area contributed by atoms with Crippen LogP contribution in [-0.2, 0) is 0 Å². The van der Waals surface area contributed by atoms with Crippen molar-refractivity contribution in [2.24, 2.45) is 65.1 Å². The van der Waals surface area contributed by atoms with E-state index < -0.39 is 0 Å². The van der Waals surface area contributed by atoms with Gasteiger partial charge in [0.15, 0.2) is 0 Å². The third kappa shape index (κ3) is 17.2. The largest absolute Gasteiger partial charge is 0.328 e. The molecule has 44 heavy (non-hydrogen) atoms. The fourth-order valence-electron chi connectivity index (χ4n) is 9.83. The molecule has 0 aliphatic rings. The Morgan fingerprint density at radius 3 is 1.50 bits per heavy atom. The van der Waals surface area contributed by atoms with Crippen LogP contribution in [0.3, 0.4) is 0 Å². The third-order valence-electron chi connectivity index (χ3n) is 12.4. The van der Waals surface area contributed by atoms with Gasteiger partial charge in [0.1, 0.15) is 0 Å². The van der Waals surface area contributed by atoms with Crippen LogP contribution in [0.4, 0.5) is 0 Å². The minimum absolute atomic E-state index is 0.786. The first-order valence-electron chi connectivity index (χ1n) is 20.5. The minimum Gasteiger partial charge on any atom is -0.328 e. The first-order valence-corrected chi connectivity index (χ1v) is 20.5. The van der Waals surface area contributed by atoms with Gasteiger partial charge in [0.05, 0.1) is 27.2 Å². The lowest BCUT2D eigenvalue weighted by Gasteiger charge is -2.42. The summed E-state index contributed by atoms with van der Waals surface area (Å²) in [6.07, 6.45) is 20.8. The van der Waals surface area contributed by atoms with Gasteiger partial charge >= 0.3 is 0 Å². The van der Waals surface area contributed by atoms with Crippen LogP contribution < -0.4 is 0 Å². The van der Waals surface area contributed by atoms with E-state index in [1.807, 2.05) is 0 Å². The second-order valence-corrected chi connectivity index (χ2v) is 17.5. The molecule has 0 aromatic carbocycles. The molecule has 0 N–H and O–H groups in total. The van der Waals surface area contributed by atoms with E-state index in [4.69, 9.17) is 0 Å². The molecule has 0 aliphatic carbocycles. The molecule has 0 aromatic heterocycles. The van der Waals surface area contributed by atoms with Crippen LogP contribution in [0.5, 0.6) is 0 Å². The topological polar surface area (TPSA) is 0 Å². The van der Waals surface area contributed by atoms with Crippen LogP contribution in [0, 0.1) is 65.1 Å². The molecule has 9 atom stereocenters. The highest BCUT2D eigenvalue weighted by Gasteiger charge is 2.36. The van der Waals surface area contributed by atoms with E-state index in [9.17, 15) is 0 Å². The molecule has 0 rings (SSSR count). The standard InChI is InChI=1S/C43H90N/c1-16-23-25-34(10)29-42(37(13)31-44(14,15)32-38(18-3)19-4)41(22-7)36(12)28-35(11)30-43(39(20-5)24-17-2)40(21-6)27-26-33(8)9/h33-43H,16-32H2,1-15H3/q+1. The highest BCUT2D eigenvalue weighted by atomic mass is 15.3. The van der Waals surface area contributed by atoms with Gasteiger partial charge in [0.2, 0.25) is 0 Å². The average molecular weight is 621 g/mol. The lowest BCUT2D eigenvalue weighted by molar-refractivity contribution is -0.897. The monoisotopic (exact) mass is 621 g/mol. The summed E-state index contributed by atoms with van der Waals surface area (Å²) in [5.41, 5.74) is 0. The Balaban J connectivity index is 5.99. The Bertz CT molecular complexity index is 647. The average Bonchev–Trinajstić information content (AvgIpc) is 2.96. The maximum atomic E-state index is 2.67. The van der Waals surface area contributed by atoms with Crippen molar-refractivity contribution in [2.45, 2.75) is 186 Å². The van der Waals surface area contributed by atoms with Crippen LogP contribution in [0.2, 0.25) is 0 Å². The van der Waals surface area contributed by atoms with Gasteiger partial charge in [-0.3, -0.25) is 0 Å². The molecule has 266 valence electrons. The van der Waals surface area contributed by atoms with Crippen molar-refractivity contribution in [3.8, 4) is 0 Å². The Kier molecular flexibility index (Phi) is 24.1. The molecule has 1 nitrogen and oxygen atoms in total. The van der Waals surface area contributed by atoms with Crippen molar-refractivity contribution < 1.29 is 4.48 Å². The molecule has 0 heterocycles. The normalized spacial score (nSPS) is 19.0. The van der Waals surface area contributed by atoms with Gasteiger partial charge in [0, 0.05) is 11.8 Å². The summed E-state index contributed by atoms with van der Waals surface area (Å²) in [6.45, 7) is 35.1. The Hall–Kier alpha value is -0.0400. The third-order valence-corrected chi connectivity index (χ3v) is 12.4. The van der Waals surface area contributed by atoms with Crippen molar-refractivity contribution in [1.29, 1.82) is 0 Å². The highest BCUT2D eigenvalue weighted by Crippen LogP contribution is 2.42. The maximum absolute atomic E-state index is 2.67. The van der Waals surface area contributed by atoms with E-state index in [1.54, 1.807) is 0 Å². The van der Waals surface area contributed by atoms with Crippen LogP contribution >= 0.6 is 0 Å². The zero-order valence-electron chi connectivity index (χ0n) is 33.8. The Labute approximate surface area is 282 Å². The molecule has 0 fully saturated rings. The van der Waals surface area contributed by atoms with Gasteiger partial charge in [-0.2, -0.15) is 0 Å². The Morgan fingerprint density at radius 1 is 0.455 bits per heavy atom. The van der Waals surface area contributed by atoms with Crippen LogP contribution in [0.15, 0.2) is 0 Å². The van der Waals surface area contributed by atoms with E-state index in [0.29, 0.717) is 0 Å². The molecule has 0 saturated heterocycles. The summed E-state index contributed by atoms with van der Waals surface area (Å²) >= 11 is 0. The van der Waals surface area contributed by atoms with Gasteiger partial charge in [-0.1, -0.05) is 148 Å². The molecular weight excluding hydrogens is 530 g/mol. The van der Waals surface area contributed by atoms with E-state index >= 15 is 0 Å². The lowest BCUT2D eigenvalue weighted by Crippen LogP contribution is -2.48. The van der Waals surface area contributed by atoms with Crippen molar-refractivity contribution in [2.75, 3.05) is 27.2 Å². The summed E-state index contributed by atoms with van der Waals surface area (Å²) in [4.78, 5) is 0. The van der Waals surface area contributed by atoms with Gasteiger partial charge < -0.3 is 4.48 Å². The van der Waals surface area contributed by atoms with Gasteiger partial charge in [-0.05, 0) is 91.8 Å². The smallest absolute Gasteiger partial charge is 0.0811 e. The van der Waals surface area contributed by atoms with Crippen molar-refractivity contribution in [3.63, 3.8) is 0 Å². The summed E-state index contributed by atoms with van der Waals surface area (Å²) in [5.74, 6) is 9.42. The molecule has 0 bridgehead atoms. The second-order valence-electron chi connectivity index (χ2n) is 17.5. The Morgan fingerprint density at radius 2 is 1.02 bits per heavy atom. The zero-order valence-corrected chi connectivity index (χ0v) is 33.8. The molecule has 0 radical (unpaired) electrons. The molecule has 0 amide bonds. The van der Waals surface area contributed by atoms with Gasteiger partial charge in [-0.25, -0.2) is 0 Å². The number of hydrogen-bond acceptors (Lipinski definition) is 0. The molecule has 0 aliphatic heterocycles. The number of unbranched alkanes of at least 4 members (excludes halogenated alkanes) is 1. The van der Waals surface area contributed by atoms with E-state index in [0.717, 1.165) is 65.1 Å². The molecule has 0 saturated carbocycles. The second kappa shape index (κ2) is 24.2. The van der Waals surface area contributed by atoms with Gasteiger partial charge in [0.25, 0.3) is 0 Å². The molecule has 9 unspecified atom stereocenters. The lowest BCUT2D eigenvalue weighted by atomic mass is 9.66. The maximum Gasteiger partial charge on any atom is 0.0811 e. The fourth-order valence-corrected chi connectivity index (χ4v) is 9.83. The van der Waals surface area contributed by atoms with Crippen molar-refractivity contribution in [1.82, 2.24) is 0 Å². The predicted molar refractivity (Wildman–Crippen MR) is 203 cm³/mol. The number of hydrogen-bond donors (Lipinski definition) is 0. The number of rotatable bonds is 28. The molecule has 1 heteroatoms. The zero-order chi connectivity index (χ0) is 33.9. The van der Waals surface area contributed by atoms with Crippen LogP contribution in [0.1, 0.15) is 186 Å². The quantitative estimate of drug-likeness (QED) is 0.0763. The predicted octanol–water partition coefficient (Wildman–Crippen LogP) is 14.0. The first kappa shape index (κ1) is 44.0. The van der Waals surface area contributed by atoms with E-state index in [-0.39, 0.29) is 0 Å². The van der Waals surface area contributed by atoms with Gasteiger partial charge in [-0.15, -0.1) is 0 Å². The summed E-state index contributed by atoms with van der Waals surface area (Å²) in [6, 6.07) is 0. The summed E-state index contributed by atoms with van der Waals surface area (Å²) in [7, 11) is 5.06. The summed E-state index contributed by atoms with van der Waals surface area (Å²) < 4.78 is 1.20. The first-order chi connectivity index (χ1) is 20.7. The van der Waals surface area contributed by atoms with E-state index in [1.165, 1.54) is 114 Å². The highest BCUT2D eigenvalue weighted by molar-refractivity contribution is 4.83. The SMILES string of the molecule is CCCCC(C)CC(C(C)C[N+](C)(C)CC(CC)CC)C(CC)C(C)CC(C)CC(C(CC)CCC)C(CC)CCC(C)C. The summed E-state index contributed by atoms with van der Waals surface area (Å²) in [5, 5.41) is 0. The van der Waals surface area contributed by atoms with Crippen molar-refractivity contribution in [3.05, 3.63) is 0 Å².